The summed E-state index contributed by atoms with van der Waals surface area (Å²) < 4.78 is 0.564. The smallest absolute Gasteiger partial charge is 0.272 e. The molecule has 0 atom stereocenters. The summed E-state index contributed by atoms with van der Waals surface area (Å²) in [5.41, 5.74) is 1.07. The number of non-ortho nitro benzene ring substituents is 1. The highest BCUT2D eigenvalue weighted by molar-refractivity contribution is 9.10. The standard InChI is InChI=1S/C13H11BrN4O3/c14-9-5-11(7-12(6-9)18(20)21)16-8-13(19)17-10-1-3-15-4-2-10/h1-7,16H,8H2,(H,15,17,19). The molecule has 1 amide bonds. The van der Waals surface area contributed by atoms with Crippen LogP contribution in [0.5, 0.6) is 0 Å². The Hall–Kier alpha value is -2.48. The second-order valence-electron chi connectivity index (χ2n) is 4.09. The van der Waals surface area contributed by atoms with Crippen LogP contribution >= 0.6 is 15.9 Å². The highest BCUT2D eigenvalue weighted by Crippen LogP contribution is 2.24. The van der Waals surface area contributed by atoms with Gasteiger partial charge in [-0.25, -0.2) is 0 Å². The van der Waals surface area contributed by atoms with Crippen molar-refractivity contribution >= 4 is 38.9 Å². The Morgan fingerprint density at radius 2 is 1.95 bits per heavy atom. The lowest BCUT2D eigenvalue weighted by molar-refractivity contribution is -0.384. The van der Waals surface area contributed by atoms with E-state index in [9.17, 15) is 14.9 Å². The number of nitrogens with one attached hydrogen (secondary N) is 2. The zero-order valence-corrected chi connectivity index (χ0v) is 12.3. The Morgan fingerprint density at radius 1 is 1.24 bits per heavy atom. The molecule has 0 saturated carbocycles. The van der Waals surface area contributed by atoms with Gasteiger partial charge in [0.25, 0.3) is 5.69 Å². The van der Waals surface area contributed by atoms with Gasteiger partial charge in [0, 0.05) is 40.4 Å². The molecule has 2 aromatic rings. The molecular weight excluding hydrogens is 340 g/mol. The fourth-order valence-corrected chi connectivity index (χ4v) is 2.09. The summed E-state index contributed by atoms with van der Waals surface area (Å²) in [5.74, 6) is -0.260. The Bertz CT molecular complexity index is 664. The highest BCUT2D eigenvalue weighted by atomic mass is 79.9. The molecule has 0 aliphatic heterocycles. The van der Waals surface area contributed by atoms with E-state index in [4.69, 9.17) is 0 Å². The quantitative estimate of drug-likeness (QED) is 0.638. The van der Waals surface area contributed by atoms with E-state index in [-0.39, 0.29) is 18.1 Å². The number of nitro groups is 1. The van der Waals surface area contributed by atoms with Gasteiger partial charge < -0.3 is 10.6 Å². The molecule has 0 radical (unpaired) electrons. The van der Waals surface area contributed by atoms with Crippen molar-refractivity contribution < 1.29 is 9.72 Å². The van der Waals surface area contributed by atoms with E-state index in [2.05, 4.69) is 31.5 Å². The maximum absolute atomic E-state index is 11.7. The molecule has 8 heteroatoms. The molecule has 2 N–H and O–H groups in total. The molecule has 1 heterocycles. The summed E-state index contributed by atoms with van der Waals surface area (Å²) in [7, 11) is 0. The van der Waals surface area contributed by atoms with Crippen molar-refractivity contribution in [2.45, 2.75) is 0 Å². The Kier molecular flexibility index (Phi) is 4.83. The van der Waals surface area contributed by atoms with Crippen molar-refractivity contribution in [3.8, 4) is 0 Å². The van der Waals surface area contributed by atoms with E-state index in [1.807, 2.05) is 0 Å². The molecule has 0 aliphatic carbocycles. The lowest BCUT2D eigenvalue weighted by atomic mass is 10.3. The van der Waals surface area contributed by atoms with Crippen molar-refractivity contribution in [2.24, 2.45) is 0 Å². The van der Waals surface area contributed by atoms with Gasteiger partial charge in [0.15, 0.2) is 0 Å². The van der Waals surface area contributed by atoms with E-state index in [1.54, 1.807) is 30.6 Å². The molecule has 0 aliphatic rings. The molecular formula is C13H11BrN4O3. The maximum Gasteiger partial charge on any atom is 0.272 e. The maximum atomic E-state index is 11.7. The fourth-order valence-electron chi connectivity index (χ4n) is 1.60. The molecule has 0 bridgehead atoms. The van der Waals surface area contributed by atoms with Gasteiger partial charge in [-0.15, -0.1) is 0 Å². The van der Waals surface area contributed by atoms with Crippen LogP contribution < -0.4 is 10.6 Å². The molecule has 1 aromatic carbocycles. The first-order valence-corrected chi connectivity index (χ1v) is 6.72. The van der Waals surface area contributed by atoms with E-state index in [0.29, 0.717) is 15.8 Å². The summed E-state index contributed by atoms with van der Waals surface area (Å²) in [6.45, 7) is -0.00404. The third-order valence-electron chi connectivity index (χ3n) is 2.51. The van der Waals surface area contributed by atoms with Crippen LogP contribution in [0.3, 0.4) is 0 Å². The topological polar surface area (TPSA) is 97.2 Å². The Labute approximate surface area is 128 Å². The van der Waals surface area contributed by atoms with Gasteiger partial charge in [0.2, 0.25) is 5.91 Å². The van der Waals surface area contributed by atoms with Gasteiger partial charge in [-0.05, 0) is 18.2 Å². The van der Waals surface area contributed by atoms with Crippen molar-refractivity contribution in [2.75, 3.05) is 17.2 Å². The fraction of sp³-hybridized carbons (Fsp3) is 0.0769. The summed E-state index contributed by atoms with van der Waals surface area (Å²) in [4.78, 5) is 25.9. The molecule has 0 fully saturated rings. The first-order valence-electron chi connectivity index (χ1n) is 5.93. The molecule has 21 heavy (non-hydrogen) atoms. The number of benzene rings is 1. The Balaban J connectivity index is 1.96. The van der Waals surface area contributed by atoms with Crippen LogP contribution in [0.1, 0.15) is 0 Å². The number of carbonyl (C=O) groups excluding carboxylic acids is 1. The third kappa shape index (κ3) is 4.53. The Morgan fingerprint density at radius 3 is 2.62 bits per heavy atom. The number of hydrogen-bond acceptors (Lipinski definition) is 5. The van der Waals surface area contributed by atoms with Crippen molar-refractivity contribution in [3.05, 3.63) is 57.3 Å². The zero-order valence-electron chi connectivity index (χ0n) is 10.7. The van der Waals surface area contributed by atoms with E-state index in [0.717, 1.165) is 0 Å². The number of anilines is 2. The van der Waals surface area contributed by atoms with E-state index < -0.39 is 4.92 Å². The summed E-state index contributed by atoms with van der Waals surface area (Å²) >= 11 is 3.19. The number of amides is 1. The lowest BCUT2D eigenvalue weighted by Gasteiger charge is -2.08. The van der Waals surface area contributed by atoms with Gasteiger partial charge in [-0.3, -0.25) is 19.9 Å². The average Bonchev–Trinajstić information content (AvgIpc) is 2.45. The minimum Gasteiger partial charge on any atom is -0.376 e. The van der Waals surface area contributed by atoms with Gasteiger partial charge in [-0.2, -0.15) is 0 Å². The van der Waals surface area contributed by atoms with Gasteiger partial charge in [0.1, 0.15) is 0 Å². The first kappa shape index (κ1) is 14.9. The van der Waals surface area contributed by atoms with Crippen LogP contribution in [0, 0.1) is 10.1 Å². The highest BCUT2D eigenvalue weighted by Gasteiger charge is 2.09. The van der Waals surface area contributed by atoms with Crippen molar-refractivity contribution in [1.82, 2.24) is 4.98 Å². The number of halogens is 1. The minimum atomic E-state index is -0.493. The second kappa shape index (κ2) is 6.80. The summed E-state index contributed by atoms with van der Waals surface area (Å²) in [6.07, 6.45) is 3.14. The number of pyridine rings is 1. The first-order chi connectivity index (χ1) is 10.0. The lowest BCUT2D eigenvalue weighted by Crippen LogP contribution is -2.21. The minimum absolute atomic E-state index is 0.00404. The van der Waals surface area contributed by atoms with Crippen LogP contribution in [-0.2, 0) is 4.79 Å². The summed E-state index contributed by atoms with van der Waals surface area (Å²) in [6, 6.07) is 7.75. The monoisotopic (exact) mass is 350 g/mol. The van der Waals surface area contributed by atoms with Crippen LogP contribution in [0.4, 0.5) is 17.1 Å². The summed E-state index contributed by atoms with van der Waals surface area (Å²) in [5, 5.41) is 16.3. The van der Waals surface area contributed by atoms with Gasteiger partial charge >= 0.3 is 0 Å². The zero-order chi connectivity index (χ0) is 15.2. The predicted molar refractivity (Wildman–Crippen MR) is 82.2 cm³/mol. The van der Waals surface area contributed by atoms with Gasteiger partial charge in [-0.1, -0.05) is 15.9 Å². The number of hydrogen-bond donors (Lipinski definition) is 2. The van der Waals surface area contributed by atoms with Crippen molar-refractivity contribution in [1.29, 1.82) is 0 Å². The number of rotatable bonds is 5. The molecule has 108 valence electrons. The van der Waals surface area contributed by atoms with Crippen LogP contribution in [0.2, 0.25) is 0 Å². The molecule has 0 saturated heterocycles. The molecule has 0 spiro atoms. The second-order valence-corrected chi connectivity index (χ2v) is 5.01. The SMILES string of the molecule is O=C(CNc1cc(Br)cc([N+](=O)[O-])c1)Nc1ccncc1. The van der Waals surface area contributed by atoms with E-state index >= 15 is 0 Å². The largest absolute Gasteiger partial charge is 0.376 e. The van der Waals surface area contributed by atoms with Crippen molar-refractivity contribution in [3.63, 3.8) is 0 Å². The van der Waals surface area contributed by atoms with E-state index in [1.165, 1.54) is 12.1 Å². The van der Waals surface area contributed by atoms with Crippen LogP contribution in [0.25, 0.3) is 0 Å². The normalized spacial score (nSPS) is 9.95. The molecule has 7 nitrogen and oxygen atoms in total. The molecule has 1 aromatic heterocycles. The van der Waals surface area contributed by atoms with Crippen LogP contribution in [0.15, 0.2) is 47.2 Å². The van der Waals surface area contributed by atoms with Gasteiger partial charge in [0.05, 0.1) is 11.5 Å². The number of carbonyl (C=O) groups is 1. The number of nitro benzene ring substituents is 1. The number of nitrogens with zero attached hydrogens (tertiary/aromatic N) is 2. The molecule has 0 unspecified atom stereocenters. The average molecular weight is 351 g/mol. The molecule has 2 rings (SSSR count). The number of aromatic nitrogens is 1. The third-order valence-corrected chi connectivity index (χ3v) is 2.97. The van der Waals surface area contributed by atoms with Crippen LogP contribution in [-0.4, -0.2) is 22.4 Å². The predicted octanol–water partition coefficient (Wildman–Crippen LogP) is 2.80.